The van der Waals surface area contributed by atoms with Crippen LogP contribution in [0.4, 0.5) is 11.1 Å². The van der Waals surface area contributed by atoms with Gasteiger partial charge in [-0.25, -0.2) is 15.0 Å². The molecule has 2 aromatic heterocycles. The Morgan fingerprint density at radius 1 is 1.26 bits per heavy atom. The van der Waals surface area contributed by atoms with Gasteiger partial charge in [0.1, 0.15) is 0 Å². The SMILES string of the molecule is CSc1cnc(NCCCNc2nc3ccc(C(=O)N=C4NC(=O)CS4)cc3s2)nc1. The largest absolute Gasteiger partial charge is 0.361 e. The van der Waals surface area contributed by atoms with Gasteiger partial charge in [0.05, 0.1) is 16.0 Å². The molecule has 0 spiro atoms. The highest BCUT2D eigenvalue weighted by Crippen LogP contribution is 2.27. The summed E-state index contributed by atoms with van der Waals surface area (Å²) in [6, 6.07) is 5.29. The summed E-state index contributed by atoms with van der Waals surface area (Å²) in [5.41, 5.74) is 1.29. The van der Waals surface area contributed by atoms with Crippen molar-refractivity contribution in [1.29, 1.82) is 0 Å². The molecule has 3 N–H and O–H groups in total. The van der Waals surface area contributed by atoms with Crippen molar-refractivity contribution >= 4 is 73.1 Å². The second-order valence-electron chi connectivity index (χ2n) is 6.41. The van der Waals surface area contributed by atoms with E-state index in [0.717, 1.165) is 39.8 Å². The summed E-state index contributed by atoms with van der Waals surface area (Å²) >= 11 is 4.32. The van der Waals surface area contributed by atoms with Crippen molar-refractivity contribution in [2.24, 2.45) is 4.99 Å². The number of fused-ring (bicyclic) bond motifs is 1. The number of carbonyl (C=O) groups excluding carboxylic acids is 2. The monoisotopic (exact) mass is 473 g/mol. The number of thioether (sulfide) groups is 2. The Morgan fingerprint density at radius 2 is 2.06 bits per heavy atom. The number of rotatable bonds is 8. The minimum atomic E-state index is -0.381. The fourth-order valence-corrected chi connectivity index (χ4v) is 4.59. The van der Waals surface area contributed by atoms with Crippen LogP contribution in [0.25, 0.3) is 10.2 Å². The van der Waals surface area contributed by atoms with Gasteiger partial charge in [-0.15, -0.1) is 11.8 Å². The summed E-state index contributed by atoms with van der Waals surface area (Å²) in [7, 11) is 0. The van der Waals surface area contributed by atoms with E-state index in [9.17, 15) is 9.59 Å². The minimum absolute atomic E-state index is 0.138. The summed E-state index contributed by atoms with van der Waals surface area (Å²) in [6.45, 7) is 1.48. The van der Waals surface area contributed by atoms with Crippen LogP contribution < -0.4 is 16.0 Å². The molecule has 9 nitrogen and oxygen atoms in total. The highest BCUT2D eigenvalue weighted by Gasteiger charge is 2.18. The molecule has 0 bridgehead atoms. The number of anilines is 2. The summed E-state index contributed by atoms with van der Waals surface area (Å²) in [5.74, 6) is 0.394. The van der Waals surface area contributed by atoms with Gasteiger partial charge in [0, 0.05) is 35.9 Å². The van der Waals surface area contributed by atoms with E-state index in [-0.39, 0.29) is 11.8 Å². The predicted octanol–water partition coefficient (Wildman–Crippen LogP) is 3.08. The van der Waals surface area contributed by atoms with Crippen LogP contribution in [-0.4, -0.2) is 57.0 Å². The maximum Gasteiger partial charge on any atom is 0.279 e. The molecule has 0 aliphatic carbocycles. The van der Waals surface area contributed by atoms with Crippen molar-refractivity contribution < 1.29 is 9.59 Å². The molecule has 1 aliphatic rings. The van der Waals surface area contributed by atoms with Crippen molar-refractivity contribution in [1.82, 2.24) is 20.3 Å². The third kappa shape index (κ3) is 5.71. The summed E-state index contributed by atoms with van der Waals surface area (Å²) in [5, 5.41) is 10.2. The number of amidine groups is 1. The molecule has 31 heavy (non-hydrogen) atoms. The molecule has 4 rings (SSSR count). The van der Waals surface area contributed by atoms with E-state index in [1.165, 1.54) is 23.1 Å². The Morgan fingerprint density at radius 3 is 2.81 bits per heavy atom. The molecule has 160 valence electrons. The molecule has 2 amide bonds. The zero-order chi connectivity index (χ0) is 21.6. The first-order valence-corrected chi connectivity index (χ1v) is 12.4. The Hall–Kier alpha value is -2.70. The molecule has 1 fully saturated rings. The van der Waals surface area contributed by atoms with Gasteiger partial charge >= 0.3 is 0 Å². The average molecular weight is 474 g/mol. The molecule has 0 saturated carbocycles. The molecule has 0 unspecified atom stereocenters. The van der Waals surface area contributed by atoms with Crippen LogP contribution in [0.1, 0.15) is 16.8 Å². The van der Waals surface area contributed by atoms with E-state index in [2.05, 4.69) is 35.9 Å². The number of aliphatic imine (C=N–C) groups is 1. The zero-order valence-electron chi connectivity index (χ0n) is 16.5. The first-order valence-electron chi connectivity index (χ1n) is 9.41. The lowest BCUT2D eigenvalue weighted by Crippen LogP contribution is -2.21. The van der Waals surface area contributed by atoms with Crippen molar-refractivity contribution in [3.63, 3.8) is 0 Å². The number of thiazole rings is 1. The van der Waals surface area contributed by atoms with Crippen molar-refractivity contribution in [3.8, 4) is 0 Å². The van der Waals surface area contributed by atoms with Gasteiger partial charge in [0.15, 0.2) is 10.3 Å². The first-order chi connectivity index (χ1) is 15.1. The third-order valence-corrected chi connectivity index (χ3v) is 6.73. The molecular formula is C19H19N7O2S3. The summed E-state index contributed by atoms with van der Waals surface area (Å²) < 4.78 is 0.900. The van der Waals surface area contributed by atoms with Gasteiger partial charge in [0.2, 0.25) is 11.9 Å². The van der Waals surface area contributed by atoms with Crippen LogP contribution in [0.5, 0.6) is 0 Å². The molecule has 3 aromatic rings. The molecule has 1 aromatic carbocycles. The molecule has 12 heteroatoms. The fourth-order valence-electron chi connectivity index (χ4n) is 2.67. The lowest BCUT2D eigenvalue weighted by molar-refractivity contribution is -0.116. The Kier molecular flexibility index (Phi) is 6.99. The van der Waals surface area contributed by atoms with Gasteiger partial charge in [0.25, 0.3) is 5.91 Å². The fraction of sp³-hybridized carbons (Fsp3) is 0.263. The lowest BCUT2D eigenvalue weighted by Gasteiger charge is -2.05. The van der Waals surface area contributed by atoms with Gasteiger partial charge < -0.3 is 16.0 Å². The number of aromatic nitrogens is 3. The quantitative estimate of drug-likeness (QED) is 0.335. The van der Waals surface area contributed by atoms with E-state index >= 15 is 0 Å². The van der Waals surface area contributed by atoms with Gasteiger partial charge in [-0.1, -0.05) is 23.1 Å². The zero-order valence-corrected chi connectivity index (χ0v) is 19.0. The maximum absolute atomic E-state index is 12.4. The first kappa shape index (κ1) is 21.5. The number of nitrogens with one attached hydrogen (secondary N) is 3. The molecule has 1 aliphatic heterocycles. The number of hydrogen-bond acceptors (Lipinski definition) is 10. The predicted molar refractivity (Wildman–Crippen MR) is 127 cm³/mol. The molecule has 0 atom stereocenters. The second-order valence-corrected chi connectivity index (χ2v) is 9.29. The number of amides is 2. The van der Waals surface area contributed by atoms with E-state index in [4.69, 9.17) is 0 Å². The second kappa shape index (κ2) is 10.1. The number of carbonyl (C=O) groups is 2. The number of nitrogens with zero attached hydrogens (tertiary/aromatic N) is 4. The van der Waals surface area contributed by atoms with Crippen LogP contribution in [0, 0.1) is 0 Å². The minimum Gasteiger partial charge on any atom is -0.361 e. The molecule has 1 saturated heterocycles. The van der Waals surface area contributed by atoms with Crippen molar-refractivity contribution in [2.45, 2.75) is 11.3 Å². The van der Waals surface area contributed by atoms with Crippen molar-refractivity contribution in [3.05, 3.63) is 36.2 Å². The van der Waals surface area contributed by atoms with E-state index in [1.807, 2.05) is 12.3 Å². The van der Waals surface area contributed by atoms with Crippen LogP contribution in [0.2, 0.25) is 0 Å². The Balaban J connectivity index is 1.28. The van der Waals surface area contributed by atoms with Gasteiger partial charge in [-0.3, -0.25) is 9.59 Å². The topological polar surface area (TPSA) is 121 Å². The van der Waals surface area contributed by atoms with E-state index < -0.39 is 0 Å². The van der Waals surface area contributed by atoms with Gasteiger partial charge in [-0.05, 0) is 30.9 Å². The molecular weight excluding hydrogens is 454 g/mol. The van der Waals surface area contributed by atoms with E-state index in [0.29, 0.717) is 22.4 Å². The highest BCUT2D eigenvalue weighted by atomic mass is 32.2. The third-order valence-electron chi connectivity index (χ3n) is 4.20. The van der Waals surface area contributed by atoms with Crippen LogP contribution in [0.3, 0.4) is 0 Å². The molecule has 0 radical (unpaired) electrons. The van der Waals surface area contributed by atoms with Crippen LogP contribution in [-0.2, 0) is 4.79 Å². The average Bonchev–Trinajstić information content (AvgIpc) is 3.38. The Labute approximate surface area is 190 Å². The number of hydrogen-bond donors (Lipinski definition) is 3. The van der Waals surface area contributed by atoms with Crippen LogP contribution >= 0.6 is 34.9 Å². The highest BCUT2D eigenvalue weighted by molar-refractivity contribution is 8.15. The number of benzene rings is 1. The van der Waals surface area contributed by atoms with Crippen molar-refractivity contribution in [2.75, 3.05) is 35.7 Å². The maximum atomic E-state index is 12.4. The summed E-state index contributed by atoms with van der Waals surface area (Å²) in [6.07, 6.45) is 6.46. The van der Waals surface area contributed by atoms with Gasteiger partial charge in [-0.2, -0.15) is 4.99 Å². The normalized spacial score (nSPS) is 14.7. The Bertz CT molecular complexity index is 1130. The molecule has 3 heterocycles. The lowest BCUT2D eigenvalue weighted by atomic mass is 10.2. The van der Waals surface area contributed by atoms with Crippen LogP contribution in [0.15, 0.2) is 40.5 Å². The standard InChI is InChI=1S/C19H19N7O2S3/c1-29-12-8-22-17(23-9-12)20-5-2-6-21-18-24-13-4-3-11(7-14(13)31-18)16(28)26-19-25-15(27)10-30-19/h3-4,7-9H,2,5-6,10H2,1H3,(H,21,24)(H,20,22,23)(H,25,26,27,28). The smallest absolute Gasteiger partial charge is 0.279 e. The summed E-state index contributed by atoms with van der Waals surface area (Å²) in [4.78, 5) is 41.7. The van der Waals surface area contributed by atoms with E-state index in [1.54, 1.807) is 36.3 Å².